The zero-order valence-electron chi connectivity index (χ0n) is 18.1. The van der Waals surface area contributed by atoms with Crippen LogP contribution in [-0.4, -0.2) is 38.7 Å². The van der Waals surface area contributed by atoms with Gasteiger partial charge in [-0.1, -0.05) is 30.3 Å². The van der Waals surface area contributed by atoms with Crippen LogP contribution in [0.2, 0.25) is 0 Å². The third-order valence-electron chi connectivity index (χ3n) is 5.16. The number of nitrogens with zero attached hydrogens (tertiary/aromatic N) is 3. The Kier molecular flexibility index (Phi) is 7.02. The summed E-state index contributed by atoms with van der Waals surface area (Å²) in [6.45, 7) is 6.14. The molecule has 8 nitrogen and oxygen atoms in total. The van der Waals surface area contributed by atoms with Crippen LogP contribution in [0, 0.1) is 5.41 Å². The van der Waals surface area contributed by atoms with Crippen molar-refractivity contribution in [1.29, 1.82) is 0 Å². The largest absolute Gasteiger partial charge is 0.396 e. The van der Waals surface area contributed by atoms with Crippen molar-refractivity contribution in [1.82, 2.24) is 19.9 Å². The van der Waals surface area contributed by atoms with E-state index in [1.807, 2.05) is 37.3 Å². The molecule has 8 heteroatoms. The van der Waals surface area contributed by atoms with E-state index < -0.39 is 5.41 Å². The van der Waals surface area contributed by atoms with Gasteiger partial charge in [-0.2, -0.15) is 4.98 Å². The summed E-state index contributed by atoms with van der Waals surface area (Å²) in [4.78, 5) is 34.3. The normalized spacial score (nSPS) is 12.5. The number of nitrogens with one attached hydrogen (secondary N) is 2. The molecule has 0 fully saturated rings. The molecule has 164 valence electrons. The SMILES string of the molecule is CC(Nc1ncc2ccc(=O)n(CC(C)(C)C(=O)NCCCO)c2n1)c1ccccc1. The van der Waals surface area contributed by atoms with Gasteiger partial charge in [0.15, 0.2) is 0 Å². The van der Waals surface area contributed by atoms with Crippen LogP contribution in [0.4, 0.5) is 5.95 Å². The molecule has 3 aromatic rings. The molecular weight excluding hydrogens is 394 g/mol. The predicted molar refractivity (Wildman–Crippen MR) is 121 cm³/mol. The highest BCUT2D eigenvalue weighted by Gasteiger charge is 2.29. The van der Waals surface area contributed by atoms with E-state index in [4.69, 9.17) is 5.11 Å². The number of fused-ring (bicyclic) bond motifs is 1. The molecule has 3 N–H and O–H groups in total. The van der Waals surface area contributed by atoms with Gasteiger partial charge < -0.3 is 15.7 Å². The van der Waals surface area contributed by atoms with Crippen LogP contribution in [0.25, 0.3) is 11.0 Å². The van der Waals surface area contributed by atoms with Gasteiger partial charge in [0, 0.05) is 37.3 Å². The van der Waals surface area contributed by atoms with Gasteiger partial charge in [-0.3, -0.25) is 14.2 Å². The van der Waals surface area contributed by atoms with Crippen LogP contribution < -0.4 is 16.2 Å². The Hall–Kier alpha value is -3.26. The Morgan fingerprint density at radius 1 is 1.19 bits per heavy atom. The Morgan fingerprint density at radius 2 is 1.94 bits per heavy atom. The molecule has 2 heterocycles. The average Bonchev–Trinajstić information content (AvgIpc) is 2.76. The number of pyridine rings is 1. The monoisotopic (exact) mass is 423 g/mol. The van der Waals surface area contributed by atoms with Crippen LogP contribution in [0.3, 0.4) is 0 Å². The van der Waals surface area contributed by atoms with Gasteiger partial charge in [0.2, 0.25) is 11.9 Å². The van der Waals surface area contributed by atoms with Crippen molar-refractivity contribution >= 4 is 22.9 Å². The smallest absolute Gasteiger partial charge is 0.252 e. The highest BCUT2D eigenvalue weighted by atomic mass is 16.3. The number of amides is 1. The molecule has 0 bridgehead atoms. The van der Waals surface area contributed by atoms with E-state index in [0.29, 0.717) is 29.9 Å². The van der Waals surface area contributed by atoms with Crippen molar-refractivity contribution in [3.63, 3.8) is 0 Å². The van der Waals surface area contributed by atoms with Crippen molar-refractivity contribution < 1.29 is 9.90 Å². The molecule has 31 heavy (non-hydrogen) atoms. The summed E-state index contributed by atoms with van der Waals surface area (Å²) in [5, 5.41) is 15.7. The molecule has 2 aromatic heterocycles. The van der Waals surface area contributed by atoms with Crippen molar-refractivity contribution in [2.45, 2.75) is 39.8 Å². The minimum absolute atomic E-state index is 0.0115. The lowest BCUT2D eigenvalue weighted by molar-refractivity contribution is -0.130. The number of benzene rings is 1. The van der Waals surface area contributed by atoms with Gasteiger partial charge in [0.1, 0.15) is 5.65 Å². The second-order valence-electron chi connectivity index (χ2n) is 8.22. The Balaban J connectivity index is 1.89. The lowest BCUT2D eigenvalue weighted by Crippen LogP contribution is -2.42. The number of hydrogen-bond donors (Lipinski definition) is 3. The number of carbonyl (C=O) groups excluding carboxylic acids is 1. The van der Waals surface area contributed by atoms with Crippen molar-refractivity contribution in [3.05, 3.63) is 64.6 Å². The molecule has 3 rings (SSSR count). The van der Waals surface area contributed by atoms with Gasteiger partial charge in [0.05, 0.1) is 11.5 Å². The molecule has 1 aromatic carbocycles. The molecule has 0 saturated heterocycles. The Labute approximate surface area is 181 Å². The number of aliphatic hydroxyl groups excluding tert-OH is 1. The lowest BCUT2D eigenvalue weighted by Gasteiger charge is -2.25. The van der Waals surface area contributed by atoms with Crippen molar-refractivity contribution in [3.8, 4) is 0 Å². The number of aromatic nitrogens is 3. The van der Waals surface area contributed by atoms with Crippen LogP contribution in [0.15, 0.2) is 53.5 Å². The van der Waals surface area contributed by atoms with E-state index in [-0.39, 0.29) is 30.7 Å². The lowest BCUT2D eigenvalue weighted by atomic mass is 9.92. The highest BCUT2D eigenvalue weighted by molar-refractivity contribution is 5.82. The first-order valence-corrected chi connectivity index (χ1v) is 10.4. The van der Waals surface area contributed by atoms with E-state index in [9.17, 15) is 9.59 Å². The number of carbonyl (C=O) groups is 1. The number of hydrogen-bond acceptors (Lipinski definition) is 6. The molecule has 0 aliphatic heterocycles. The fraction of sp³-hybridized carbons (Fsp3) is 0.391. The van der Waals surface area contributed by atoms with E-state index in [1.54, 1.807) is 26.1 Å². The van der Waals surface area contributed by atoms with Crippen molar-refractivity contribution in [2.75, 3.05) is 18.5 Å². The van der Waals surface area contributed by atoms with E-state index in [2.05, 4.69) is 20.6 Å². The third kappa shape index (κ3) is 5.46. The summed E-state index contributed by atoms with van der Waals surface area (Å²) in [7, 11) is 0. The number of anilines is 1. The molecule has 1 amide bonds. The first kappa shape index (κ1) is 22.4. The number of rotatable bonds is 9. The van der Waals surface area contributed by atoms with Gasteiger partial charge in [-0.05, 0) is 38.8 Å². The van der Waals surface area contributed by atoms with Gasteiger partial charge in [-0.15, -0.1) is 0 Å². The van der Waals surface area contributed by atoms with Gasteiger partial charge in [-0.25, -0.2) is 4.98 Å². The van der Waals surface area contributed by atoms with Crippen LogP contribution in [0.5, 0.6) is 0 Å². The van der Waals surface area contributed by atoms with Gasteiger partial charge in [0.25, 0.3) is 5.56 Å². The quantitative estimate of drug-likeness (QED) is 0.456. The van der Waals surface area contributed by atoms with Gasteiger partial charge >= 0.3 is 0 Å². The number of aliphatic hydroxyl groups is 1. The van der Waals surface area contributed by atoms with Crippen LogP contribution in [-0.2, 0) is 11.3 Å². The Bertz CT molecular complexity index is 1100. The van der Waals surface area contributed by atoms with Crippen molar-refractivity contribution in [2.24, 2.45) is 5.41 Å². The first-order chi connectivity index (χ1) is 14.8. The second-order valence-corrected chi connectivity index (χ2v) is 8.22. The summed E-state index contributed by atoms with van der Waals surface area (Å²) < 4.78 is 1.51. The molecule has 1 atom stereocenters. The molecule has 0 radical (unpaired) electrons. The summed E-state index contributed by atoms with van der Waals surface area (Å²) in [6, 6.07) is 13.1. The summed E-state index contributed by atoms with van der Waals surface area (Å²) >= 11 is 0. The van der Waals surface area contributed by atoms with E-state index in [0.717, 1.165) is 5.56 Å². The minimum Gasteiger partial charge on any atom is -0.396 e. The zero-order valence-corrected chi connectivity index (χ0v) is 18.1. The molecular formula is C23H29N5O3. The summed E-state index contributed by atoms with van der Waals surface area (Å²) in [5.41, 5.74) is 0.493. The molecule has 0 aliphatic rings. The second kappa shape index (κ2) is 9.70. The molecule has 0 spiro atoms. The Morgan fingerprint density at radius 3 is 2.65 bits per heavy atom. The summed E-state index contributed by atoms with van der Waals surface area (Å²) in [5.74, 6) is 0.225. The topological polar surface area (TPSA) is 109 Å². The first-order valence-electron chi connectivity index (χ1n) is 10.4. The highest BCUT2D eigenvalue weighted by Crippen LogP contribution is 2.22. The van der Waals surface area contributed by atoms with Crippen LogP contribution in [0.1, 0.15) is 38.8 Å². The van der Waals surface area contributed by atoms with E-state index >= 15 is 0 Å². The molecule has 1 unspecified atom stereocenters. The standard InChI is InChI=1S/C23H29N5O3/c1-16(17-8-5-4-6-9-17)26-22-25-14-18-10-11-19(30)28(20(18)27-22)15-23(2,3)21(31)24-12-7-13-29/h4-6,8-11,14,16,29H,7,12-13,15H2,1-3H3,(H,24,31)(H,25,26,27). The maximum atomic E-state index is 12.7. The third-order valence-corrected chi connectivity index (χ3v) is 5.16. The van der Waals surface area contributed by atoms with Crippen LogP contribution >= 0.6 is 0 Å². The van der Waals surface area contributed by atoms with E-state index in [1.165, 1.54) is 10.6 Å². The predicted octanol–water partition coefficient (Wildman–Crippen LogP) is 2.49. The maximum absolute atomic E-state index is 12.7. The fourth-order valence-corrected chi connectivity index (χ4v) is 3.30. The fourth-order valence-electron chi connectivity index (χ4n) is 3.30. The zero-order chi connectivity index (χ0) is 22.4. The maximum Gasteiger partial charge on any atom is 0.252 e. The summed E-state index contributed by atoms with van der Waals surface area (Å²) in [6.07, 6.45) is 2.16. The molecule has 0 saturated carbocycles. The molecule has 0 aliphatic carbocycles. The average molecular weight is 424 g/mol. The minimum atomic E-state index is -0.844.